The van der Waals surface area contributed by atoms with E-state index in [9.17, 15) is 9.90 Å². The number of likely N-dealkylation sites (tertiary alicyclic amines) is 1. The first-order valence-electron chi connectivity index (χ1n) is 11.1. The van der Waals surface area contributed by atoms with Gasteiger partial charge in [-0.15, -0.1) is 6.42 Å². The van der Waals surface area contributed by atoms with E-state index in [0.29, 0.717) is 25.6 Å². The highest BCUT2D eigenvalue weighted by atomic mass is 16.4. The average Bonchev–Trinajstić information content (AvgIpc) is 2.82. The molecule has 1 fully saturated rings. The van der Waals surface area contributed by atoms with Crippen molar-refractivity contribution < 1.29 is 9.90 Å². The summed E-state index contributed by atoms with van der Waals surface area (Å²) in [5.74, 6) is 3.23. The number of nitrogens with zero attached hydrogens (tertiary/aromatic N) is 3. The van der Waals surface area contributed by atoms with Crippen LogP contribution in [0.5, 0.6) is 0 Å². The highest BCUT2D eigenvalue weighted by Gasteiger charge is 2.31. The van der Waals surface area contributed by atoms with Crippen LogP contribution in [0.25, 0.3) is 10.9 Å². The van der Waals surface area contributed by atoms with Crippen LogP contribution in [0.1, 0.15) is 35.4 Å². The predicted molar refractivity (Wildman–Crippen MR) is 128 cm³/mol. The molecule has 3 aromatic rings. The maximum Gasteiger partial charge on any atom is 0.407 e. The summed E-state index contributed by atoms with van der Waals surface area (Å²) in [5, 5.41) is 10.5. The number of carboxylic acid groups (broad SMARTS) is 1. The van der Waals surface area contributed by atoms with Gasteiger partial charge in [0.25, 0.3) is 0 Å². The average molecular weight is 428 g/mol. The molecule has 5 nitrogen and oxygen atoms in total. The molecule has 0 spiro atoms. The van der Waals surface area contributed by atoms with Crippen LogP contribution in [-0.4, -0.2) is 52.7 Å². The Labute approximate surface area is 189 Å². The number of terminal acetylenes is 1. The molecule has 4 rings (SSSR count). The highest BCUT2D eigenvalue weighted by molar-refractivity contribution is 5.86. The molecule has 0 radical (unpaired) electrons. The van der Waals surface area contributed by atoms with Crippen molar-refractivity contribution in [2.75, 3.05) is 26.7 Å². The highest BCUT2D eigenvalue weighted by Crippen LogP contribution is 2.41. The third-order valence-electron chi connectivity index (χ3n) is 6.47. The van der Waals surface area contributed by atoms with E-state index >= 15 is 0 Å². The predicted octanol–water partition coefficient (Wildman–Crippen LogP) is 4.82. The van der Waals surface area contributed by atoms with Crippen LogP contribution in [0.2, 0.25) is 0 Å². The van der Waals surface area contributed by atoms with Gasteiger partial charge in [0.05, 0.1) is 12.1 Å². The second-order valence-electron chi connectivity index (χ2n) is 8.59. The molecule has 5 heteroatoms. The number of hydrogen-bond donors (Lipinski definition) is 1. The van der Waals surface area contributed by atoms with Gasteiger partial charge in [-0.05, 0) is 48.6 Å². The van der Waals surface area contributed by atoms with Crippen molar-refractivity contribution in [1.29, 1.82) is 0 Å². The molecule has 1 amide bonds. The summed E-state index contributed by atoms with van der Waals surface area (Å²) in [7, 11) is 2.03. The molecule has 1 atom stereocenters. The van der Waals surface area contributed by atoms with E-state index < -0.39 is 6.09 Å². The van der Waals surface area contributed by atoms with Gasteiger partial charge in [0, 0.05) is 37.1 Å². The molecule has 0 aliphatic carbocycles. The molecular formula is C27H29N3O2. The molecule has 32 heavy (non-hydrogen) atoms. The number of benzene rings is 2. The van der Waals surface area contributed by atoms with Gasteiger partial charge in [-0.1, -0.05) is 54.5 Å². The zero-order valence-electron chi connectivity index (χ0n) is 18.4. The van der Waals surface area contributed by atoms with Crippen molar-refractivity contribution in [2.45, 2.75) is 25.3 Å². The lowest BCUT2D eigenvalue weighted by atomic mass is 9.75. The fraction of sp³-hybridized carbons (Fsp3) is 0.333. The van der Waals surface area contributed by atoms with Crippen molar-refractivity contribution in [2.24, 2.45) is 5.92 Å². The van der Waals surface area contributed by atoms with Crippen molar-refractivity contribution in [1.82, 2.24) is 14.8 Å². The Morgan fingerprint density at radius 1 is 1.19 bits per heavy atom. The van der Waals surface area contributed by atoms with E-state index in [1.807, 2.05) is 25.4 Å². The molecule has 2 aromatic carbocycles. The lowest BCUT2D eigenvalue weighted by Crippen LogP contribution is -2.39. The van der Waals surface area contributed by atoms with E-state index in [2.05, 4.69) is 53.3 Å². The van der Waals surface area contributed by atoms with Gasteiger partial charge in [0.2, 0.25) is 0 Å². The number of rotatable bonds is 6. The summed E-state index contributed by atoms with van der Waals surface area (Å²) in [6.45, 7) is 2.51. The third kappa shape index (κ3) is 4.61. The Morgan fingerprint density at radius 3 is 2.62 bits per heavy atom. The normalized spacial score (nSPS) is 15.6. The fourth-order valence-corrected chi connectivity index (χ4v) is 4.94. The molecule has 2 heterocycles. The topological polar surface area (TPSA) is 56.7 Å². The van der Waals surface area contributed by atoms with Gasteiger partial charge in [0.1, 0.15) is 0 Å². The summed E-state index contributed by atoms with van der Waals surface area (Å²) in [5.41, 5.74) is 4.70. The molecule has 1 N–H and O–H groups in total. The number of pyridine rings is 1. The number of hydrogen-bond acceptors (Lipinski definition) is 3. The molecule has 1 aliphatic rings. The van der Waals surface area contributed by atoms with Crippen molar-refractivity contribution >= 4 is 17.0 Å². The third-order valence-corrected chi connectivity index (χ3v) is 6.47. The van der Waals surface area contributed by atoms with Crippen LogP contribution < -0.4 is 0 Å². The Bertz CT molecular complexity index is 1110. The first kappa shape index (κ1) is 21.9. The van der Waals surface area contributed by atoms with Gasteiger partial charge < -0.3 is 10.0 Å². The fourth-order valence-electron chi connectivity index (χ4n) is 4.94. The van der Waals surface area contributed by atoms with Crippen LogP contribution in [-0.2, 0) is 6.54 Å². The van der Waals surface area contributed by atoms with Crippen LogP contribution in [0, 0.1) is 18.3 Å². The minimum Gasteiger partial charge on any atom is -0.465 e. The summed E-state index contributed by atoms with van der Waals surface area (Å²) < 4.78 is 0. The SMILES string of the molecule is C#CCN(C)Cc1ccc(C(c2ccccc2)C2CCN(C(=O)O)CC2)c2ncccc12. The van der Waals surface area contributed by atoms with Crippen LogP contribution in [0.15, 0.2) is 60.8 Å². The summed E-state index contributed by atoms with van der Waals surface area (Å²) >= 11 is 0. The number of aromatic nitrogens is 1. The molecule has 0 saturated carbocycles. The van der Waals surface area contributed by atoms with Crippen LogP contribution in [0.3, 0.4) is 0 Å². The Morgan fingerprint density at radius 2 is 1.94 bits per heavy atom. The first-order chi connectivity index (χ1) is 15.6. The standard InChI is InChI=1S/C27H29N3O2/c1-3-16-29(2)19-22-11-12-24(26-23(22)10-7-15-28-26)25(20-8-5-4-6-9-20)21-13-17-30(18-14-21)27(31)32/h1,4-12,15,21,25H,13-14,16-19H2,2H3,(H,31,32). The van der Waals surface area contributed by atoms with E-state index in [0.717, 1.165) is 30.3 Å². The van der Waals surface area contributed by atoms with Gasteiger partial charge in [-0.25, -0.2) is 4.79 Å². The van der Waals surface area contributed by atoms with E-state index in [4.69, 9.17) is 11.4 Å². The molecule has 164 valence electrons. The molecule has 1 aromatic heterocycles. The molecular weight excluding hydrogens is 398 g/mol. The van der Waals surface area contributed by atoms with Crippen molar-refractivity contribution in [3.63, 3.8) is 0 Å². The second kappa shape index (κ2) is 9.84. The molecule has 1 aliphatic heterocycles. The minimum absolute atomic E-state index is 0.169. The van der Waals surface area contributed by atoms with Gasteiger partial charge in [-0.2, -0.15) is 0 Å². The Balaban J connectivity index is 1.76. The number of amides is 1. The molecule has 0 bridgehead atoms. The number of carbonyl (C=O) groups is 1. The van der Waals surface area contributed by atoms with Gasteiger partial charge >= 0.3 is 6.09 Å². The smallest absolute Gasteiger partial charge is 0.407 e. The monoisotopic (exact) mass is 427 g/mol. The van der Waals surface area contributed by atoms with Gasteiger partial charge in [0.15, 0.2) is 0 Å². The van der Waals surface area contributed by atoms with E-state index in [1.54, 1.807) is 0 Å². The lowest BCUT2D eigenvalue weighted by molar-refractivity contribution is 0.122. The molecule has 1 unspecified atom stereocenters. The molecule has 1 saturated heterocycles. The van der Waals surface area contributed by atoms with Crippen molar-refractivity contribution in [3.05, 3.63) is 77.5 Å². The van der Waals surface area contributed by atoms with Crippen molar-refractivity contribution in [3.8, 4) is 12.3 Å². The van der Waals surface area contributed by atoms with Crippen LogP contribution >= 0.6 is 0 Å². The minimum atomic E-state index is -0.827. The lowest BCUT2D eigenvalue weighted by Gasteiger charge is -2.36. The zero-order valence-corrected chi connectivity index (χ0v) is 18.4. The van der Waals surface area contributed by atoms with Crippen LogP contribution in [0.4, 0.5) is 4.79 Å². The Kier molecular flexibility index (Phi) is 6.72. The van der Waals surface area contributed by atoms with Gasteiger partial charge in [-0.3, -0.25) is 9.88 Å². The number of fused-ring (bicyclic) bond motifs is 1. The summed E-state index contributed by atoms with van der Waals surface area (Å²) in [6.07, 6.45) is 8.20. The number of piperidine rings is 1. The summed E-state index contributed by atoms with van der Waals surface area (Å²) in [4.78, 5) is 19.9. The quantitative estimate of drug-likeness (QED) is 0.573. The van der Waals surface area contributed by atoms with E-state index in [-0.39, 0.29) is 5.92 Å². The maximum absolute atomic E-state index is 11.4. The summed E-state index contributed by atoms with van der Waals surface area (Å²) in [6, 6.07) is 19.1. The van der Waals surface area contributed by atoms with E-state index in [1.165, 1.54) is 21.6 Å². The zero-order chi connectivity index (χ0) is 22.5. The maximum atomic E-state index is 11.4. The first-order valence-corrected chi connectivity index (χ1v) is 11.1. The largest absolute Gasteiger partial charge is 0.465 e. The Hall–Kier alpha value is -3.36. The second-order valence-corrected chi connectivity index (χ2v) is 8.59.